The number of nitrogens with zero attached hydrogens (tertiary/aromatic N) is 2. The van der Waals surface area contributed by atoms with Gasteiger partial charge in [-0.2, -0.15) is 21.9 Å². The molecule has 0 heterocycles. The Hall–Kier alpha value is -3.15. The van der Waals surface area contributed by atoms with Gasteiger partial charge in [0.25, 0.3) is 10.1 Å². The van der Waals surface area contributed by atoms with Crippen molar-refractivity contribution >= 4 is 58.2 Å². The van der Waals surface area contributed by atoms with Crippen molar-refractivity contribution in [3.05, 3.63) is 48.5 Å². The predicted molar refractivity (Wildman–Crippen MR) is 120 cm³/mol. The second-order valence-electron chi connectivity index (χ2n) is 6.78. The summed E-state index contributed by atoms with van der Waals surface area (Å²) in [4.78, 5) is -0.768. The molecule has 34 heavy (non-hydrogen) atoms. The van der Waals surface area contributed by atoms with Gasteiger partial charge in [0, 0.05) is 6.07 Å². The third-order valence-electron chi connectivity index (χ3n) is 4.40. The first kappa shape index (κ1) is 25.5. The van der Waals surface area contributed by atoms with Crippen LogP contribution in [0.1, 0.15) is 0 Å². The van der Waals surface area contributed by atoms with Gasteiger partial charge in [0.2, 0.25) is 0 Å². The van der Waals surface area contributed by atoms with Crippen LogP contribution in [0.15, 0.2) is 68.6 Å². The number of phenolic OH excluding ortho intramolecular Hbond substituents is 1. The van der Waals surface area contributed by atoms with Crippen LogP contribution in [0.3, 0.4) is 0 Å². The Bertz CT molecular complexity index is 1620. The van der Waals surface area contributed by atoms with Crippen molar-refractivity contribution in [3.8, 4) is 5.75 Å². The summed E-state index contributed by atoms with van der Waals surface area (Å²) in [5.74, 6) is -1.28. The lowest BCUT2D eigenvalue weighted by Gasteiger charge is -2.09. The number of sulfone groups is 1. The second kappa shape index (κ2) is 9.24. The molecule has 3 aromatic rings. The molecule has 0 aliphatic rings. The highest BCUT2D eigenvalue weighted by Gasteiger charge is 2.18. The van der Waals surface area contributed by atoms with Crippen molar-refractivity contribution in [1.29, 1.82) is 0 Å². The van der Waals surface area contributed by atoms with Gasteiger partial charge in [0.1, 0.15) is 11.4 Å². The SMILES string of the molecule is Nc1ccc2cc(S(=O)(=O)O)cc(O)c2c1N=Nc1cccc(S(=O)(=O)CCOS(=O)(=O)O)c1. The number of nitrogens with two attached hydrogens (primary N) is 1. The Labute approximate surface area is 194 Å². The molecule has 0 aromatic heterocycles. The van der Waals surface area contributed by atoms with Crippen molar-refractivity contribution in [1.82, 2.24) is 0 Å². The molecule has 182 valence electrons. The number of phenols is 1. The predicted octanol–water partition coefficient (Wildman–Crippen LogP) is 2.38. The fraction of sp³-hybridized carbons (Fsp3) is 0.111. The van der Waals surface area contributed by atoms with Crippen LogP contribution in [0.4, 0.5) is 17.1 Å². The highest BCUT2D eigenvalue weighted by atomic mass is 32.3. The molecule has 0 saturated heterocycles. The molecule has 16 heteroatoms. The summed E-state index contributed by atoms with van der Waals surface area (Å²) in [6, 6.07) is 9.84. The van der Waals surface area contributed by atoms with Crippen molar-refractivity contribution in [2.75, 3.05) is 18.1 Å². The van der Waals surface area contributed by atoms with Gasteiger partial charge in [0.05, 0.1) is 38.9 Å². The number of azo groups is 1. The highest BCUT2D eigenvalue weighted by Crippen LogP contribution is 2.40. The average Bonchev–Trinajstić information content (AvgIpc) is 2.71. The maximum absolute atomic E-state index is 12.4. The monoisotopic (exact) mass is 531 g/mol. The van der Waals surface area contributed by atoms with Crippen molar-refractivity contribution < 1.29 is 43.6 Å². The van der Waals surface area contributed by atoms with Gasteiger partial charge in [-0.15, -0.1) is 5.11 Å². The summed E-state index contributed by atoms with van der Waals surface area (Å²) in [7, 11) is -13.4. The molecule has 0 spiro atoms. The summed E-state index contributed by atoms with van der Waals surface area (Å²) >= 11 is 0. The number of nitrogen functional groups attached to an aromatic ring is 1. The Balaban J connectivity index is 1.97. The van der Waals surface area contributed by atoms with E-state index in [-0.39, 0.29) is 32.7 Å². The van der Waals surface area contributed by atoms with E-state index in [0.717, 1.165) is 18.2 Å². The minimum atomic E-state index is -4.79. The lowest BCUT2D eigenvalue weighted by Crippen LogP contribution is -2.15. The zero-order chi connectivity index (χ0) is 25.3. The number of anilines is 1. The molecule has 5 N–H and O–H groups in total. The van der Waals surface area contributed by atoms with Crippen LogP contribution in [0.2, 0.25) is 0 Å². The molecule has 3 rings (SSSR count). The number of rotatable bonds is 8. The van der Waals surface area contributed by atoms with Gasteiger partial charge in [-0.3, -0.25) is 9.11 Å². The van der Waals surface area contributed by atoms with E-state index < -0.39 is 53.4 Å². The first-order valence-corrected chi connectivity index (χ1v) is 13.5. The van der Waals surface area contributed by atoms with E-state index in [0.29, 0.717) is 0 Å². The van der Waals surface area contributed by atoms with E-state index in [1.807, 2.05) is 0 Å². The maximum Gasteiger partial charge on any atom is 0.397 e. The average molecular weight is 532 g/mol. The van der Waals surface area contributed by atoms with Gasteiger partial charge in [0.15, 0.2) is 9.84 Å². The summed E-state index contributed by atoms with van der Waals surface area (Å²) in [5.41, 5.74) is 6.01. The normalized spacial score (nSPS) is 13.0. The Morgan fingerprint density at radius 1 is 0.882 bits per heavy atom. The van der Waals surface area contributed by atoms with Crippen LogP contribution in [-0.2, 0) is 34.5 Å². The van der Waals surface area contributed by atoms with E-state index in [1.54, 1.807) is 0 Å². The topological polar surface area (TPSA) is 223 Å². The Kier molecular flexibility index (Phi) is 6.92. The van der Waals surface area contributed by atoms with Crippen LogP contribution in [-0.4, -0.2) is 51.8 Å². The third-order valence-corrected chi connectivity index (χ3v) is 7.37. The second-order valence-corrected chi connectivity index (χ2v) is 11.4. The van der Waals surface area contributed by atoms with Gasteiger partial charge in [-0.05, 0) is 35.7 Å². The van der Waals surface area contributed by atoms with Gasteiger partial charge < -0.3 is 10.8 Å². The molecule has 13 nitrogen and oxygen atoms in total. The Morgan fingerprint density at radius 2 is 1.59 bits per heavy atom. The van der Waals surface area contributed by atoms with Gasteiger partial charge in [-0.25, -0.2) is 12.6 Å². The fourth-order valence-electron chi connectivity index (χ4n) is 2.88. The largest absolute Gasteiger partial charge is 0.507 e. The van der Waals surface area contributed by atoms with Crippen LogP contribution in [0.5, 0.6) is 5.75 Å². The van der Waals surface area contributed by atoms with Crippen LogP contribution >= 0.6 is 0 Å². The molecule has 0 radical (unpaired) electrons. The Morgan fingerprint density at radius 3 is 2.24 bits per heavy atom. The number of hydrogen-bond acceptors (Lipinski definition) is 11. The molecule has 0 aliphatic carbocycles. The highest BCUT2D eigenvalue weighted by molar-refractivity contribution is 7.91. The van der Waals surface area contributed by atoms with E-state index in [4.69, 9.17) is 10.3 Å². The van der Waals surface area contributed by atoms with E-state index in [2.05, 4.69) is 14.4 Å². The van der Waals surface area contributed by atoms with Gasteiger partial charge >= 0.3 is 10.4 Å². The molecule has 0 unspecified atom stereocenters. The molecular formula is C18H17N3O10S3. The van der Waals surface area contributed by atoms with Crippen molar-refractivity contribution in [3.63, 3.8) is 0 Å². The molecule has 0 saturated carbocycles. The molecule has 0 atom stereocenters. The molecular weight excluding hydrogens is 514 g/mol. The number of fused-ring (bicyclic) bond motifs is 1. The lowest BCUT2D eigenvalue weighted by atomic mass is 10.1. The number of hydrogen-bond donors (Lipinski definition) is 4. The minimum Gasteiger partial charge on any atom is -0.507 e. The lowest BCUT2D eigenvalue weighted by molar-refractivity contribution is 0.284. The first-order chi connectivity index (χ1) is 15.7. The summed E-state index contributed by atoms with van der Waals surface area (Å²) < 4.78 is 90.5. The fourth-order valence-corrected chi connectivity index (χ4v) is 4.95. The third kappa shape index (κ3) is 6.04. The van der Waals surface area contributed by atoms with Gasteiger partial charge in [-0.1, -0.05) is 12.1 Å². The smallest absolute Gasteiger partial charge is 0.397 e. The number of aromatic hydroxyl groups is 1. The first-order valence-electron chi connectivity index (χ1n) is 9.06. The minimum absolute atomic E-state index is 0.0355. The zero-order valence-corrected chi connectivity index (χ0v) is 19.4. The van der Waals surface area contributed by atoms with Crippen molar-refractivity contribution in [2.24, 2.45) is 10.2 Å². The zero-order valence-electron chi connectivity index (χ0n) is 16.9. The van der Waals surface area contributed by atoms with E-state index in [9.17, 15) is 34.9 Å². The van der Waals surface area contributed by atoms with Crippen molar-refractivity contribution in [2.45, 2.75) is 9.79 Å². The number of benzene rings is 3. The summed E-state index contributed by atoms with van der Waals surface area (Å²) in [5, 5.41) is 18.5. The molecule has 0 aliphatic heterocycles. The quantitative estimate of drug-likeness (QED) is 0.187. The summed E-state index contributed by atoms with van der Waals surface area (Å²) in [6.07, 6.45) is 0. The molecule has 3 aromatic carbocycles. The van der Waals surface area contributed by atoms with Crippen LogP contribution in [0.25, 0.3) is 10.8 Å². The molecule has 0 bridgehead atoms. The van der Waals surface area contributed by atoms with Crippen LogP contribution < -0.4 is 5.73 Å². The molecule has 0 amide bonds. The standard InChI is InChI=1S/C18H17N3O10S3/c19-15-5-4-11-8-14(33(25,26)27)10-16(22)17(11)18(15)21-20-12-2-1-3-13(9-12)32(23,24)7-6-31-34(28,29)30/h1-5,8-10,22H,6-7,19H2,(H,25,26,27)(H,28,29,30). The van der Waals surface area contributed by atoms with Crippen LogP contribution in [0, 0.1) is 0 Å². The van der Waals surface area contributed by atoms with E-state index >= 15 is 0 Å². The summed E-state index contributed by atoms with van der Waals surface area (Å²) in [6.45, 7) is -0.801. The maximum atomic E-state index is 12.4. The van der Waals surface area contributed by atoms with E-state index in [1.165, 1.54) is 30.3 Å². The molecule has 0 fully saturated rings.